The highest BCUT2D eigenvalue weighted by Gasteiger charge is 2.10. The van der Waals surface area contributed by atoms with Crippen molar-refractivity contribution in [2.45, 2.75) is 26.7 Å². The highest BCUT2D eigenvalue weighted by molar-refractivity contribution is 5.91. The van der Waals surface area contributed by atoms with Gasteiger partial charge in [0.2, 0.25) is 0 Å². The molecule has 0 aliphatic heterocycles. The van der Waals surface area contributed by atoms with Crippen molar-refractivity contribution < 1.29 is 9.53 Å². The van der Waals surface area contributed by atoms with Crippen molar-refractivity contribution in [3.05, 3.63) is 41.8 Å². The van der Waals surface area contributed by atoms with Crippen molar-refractivity contribution in [2.75, 3.05) is 6.61 Å². The summed E-state index contributed by atoms with van der Waals surface area (Å²) in [6.45, 7) is 4.26. The SMILES string of the molecule is C[CH]CCc1ccccc1C(=O)OCC. The summed E-state index contributed by atoms with van der Waals surface area (Å²) in [4.78, 5) is 11.6. The zero-order valence-corrected chi connectivity index (χ0v) is 9.32. The zero-order chi connectivity index (χ0) is 11.1. The van der Waals surface area contributed by atoms with Crippen LogP contribution >= 0.6 is 0 Å². The third-order valence-electron chi connectivity index (χ3n) is 2.22. The van der Waals surface area contributed by atoms with E-state index in [4.69, 9.17) is 4.74 Å². The van der Waals surface area contributed by atoms with E-state index in [9.17, 15) is 4.79 Å². The van der Waals surface area contributed by atoms with Gasteiger partial charge in [-0.1, -0.05) is 25.1 Å². The minimum Gasteiger partial charge on any atom is -0.462 e. The fourth-order valence-corrected chi connectivity index (χ4v) is 1.45. The first-order valence-electron chi connectivity index (χ1n) is 5.32. The highest BCUT2D eigenvalue weighted by Crippen LogP contribution is 2.13. The second-order valence-corrected chi connectivity index (χ2v) is 3.32. The van der Waals surface area contributed by atoms with E-state index in [2.05, 4.69) is 6.42 Å². The molecular formula is C13H17O2. The van der Waals surface area contributed by atoms with Crippen LogP contribution in [0.2, 0.25) is 0 Å². The molecule has 1 aromatic rings. The molecule has 0 fully saturated rings. The number of rotatable bonds is 5. The Hall–Kier alpha value is -1.31. The number of hydrogen-bond acceptors (Lipinski definition) is 2. The van der Waals surface area contributed by atoms with Gasteiger partial charge in [-0.2, -0.15) is 0 Å². The molecule has 0 saturated heterocycles. The van der Waals surface area contributed by atoms with E-state index in [1.54, 1.807) is 0 Å². The van der Waals surface area contributed by atoms with Crippen molar-refractivity contribution in [3.8, 4) is 0 Å². The Kier molecular flexibility index (Phi) is 4.88. The molecule has 0 spiro atoms. The average molecular weight is 205 g/mol. The monoisotopic (exact) mass is 205 g/mol. The number of esters is 1. The van der Waals surface area contributed by atoms with Gasteiger partial charge < -0.3 is 4.74 Å². The maximum absolute atomic E-state index is 11.6. The predicted molar refractivity (Wildman–Crippen MR) is 60.7 cm³/mol. The molecule has 15 heavy (non-hydrogen) atoms. The van der Waals surface area contributed by atoms with Crippen LogP contribution in [0.3, 0.4) is 0 Å². The van der Waals surface area contributed by atoms with E-state index in [0.29, 0.717) is 12.2 Å². The summed E-state index contributed by atoms with van der Waals surface area (Å²) in [5, 5.41) is 0. The first-order chi connectivity index (χ1) is 7.29. The Morgan fingerprint density at radius 1 is 1.40 bits per heavy atom. The highest BCUT2D eigenvalue weighted by atomic mass is 16.5. The molecular weight excluding hydrogens is 188 g/mol. The van der Waals surface area contributed by atoms with Crippen molar-refractivity contribution >= 4 is 5.97 Å². The number of benzene rings is 1. The number of carbonyl (C=O) groups excluding carboxylic acids is 1. The Morgan fingerprint density at radius 3 is 2.80 bits per heavy atom. The van der Waals surface area contributed by atoms with Crippen molar-refractivity contribution in [1.29, 1.82) is 0 Å². The first kappa shape index (κ1) is 11.8. The molecule has 2 nitrogen and oxygen atoms in total. The van der Waals surface area contributed by atoms with E-state index >= 15 is 0 Å². The molecule has 0 aliphatic carbocycles. The molecule has 1 radical (unpaired) electrons. The summed E-state index contributed by atoms with van der Waals surface area (Å²) in [5.41, 5.74) is 1.76. The van der Waals surface area contributed by atoms with Crippen LogP contribution in [-0.4, -0.2) is 12.6 Å². The number of aryl methyl sites for hydroxylation is 1. The maximum Gasteiger partial charge on any atom is 0.338 e. The molecule has 81 valence electrons. The van der Waals surface area contributed by atoms with E-state index in [1.165, 1.54) is 0 Å². The summed E-state index contributed by atoms with van der Waals surface area (Å²) in [6.07, 6.45) is 3.98. The number of hydrogen-bond donors (Lipinski definition) is 0. The van der Waals surface area contributed by atoms with Gasteiger partial charge >= 0.3 is 5.97 Å². The summed E-state index contributed by atoms with van der Waals surface area (Å²) in [7, 11) is 0. The number of ether oxygens (including phenoxy) is 1. The lowest BCUT2D eigenvalue weighted by Crippen LogP contribution is -2.08. The lowest BCUT2D eigenvalue weighted by atomic mass is 10.0. The van der Waals surface area contributed by atoms with Gasteiger partial charge in [0.1, 0.15) is 0 Å². The van der Waals surface area contributed by atoms with Gasteiger partial charge in [-0.25, -0.2) is 4.79 Å². The van der Waals surface area contributed by atoms with Crippen LogP contribution in [0.15, 0.2) is 24.3 Å². The van der Waals surface area contributed by atoms with Gasteiger partial charge in [0, 0.05) is 0 Å². The zero-order valence-electron chi connectivity index (χ0n) is 9.32. The molecule has 0 bridgehead atoms. The van der Waals surface area contributed by atoms with Crippen LogP contribution in [0.25, 0.3) is 0 Å². The summed E-state index contributed by atoms with van der Waals surface area (Å²) in [6, 6.07) is 7.62. The van der Waals surface area contributed by atoms with Crippen molar-refractivity contribution in [2.24, 2.45) is 0 Å². The molecule has 1 rings (SSSR count). The minimum absolute atomic E-state index is 0.218. The van der Waals surface area contributed by atoms with E-state index < -0.39 is 0 Å². The summed E-state index contributed by atoms with van der Waals surface area (Å²) < 4.78 is 5.00. The van der Waals surface area contributed by atoms with E-state index in [-0.39, 0.29) is 5.97 Å². The van der Waals surface area contributed by atoms with Gasteiger partial charge in [0.15, 0.2) is 0 Å². The van der Waals surface area contributed by atoms with Gasteiger partial charge in [-0.3, -0.25) is 0 Å². The fourth-order valence-electron chi connectivity index (χ4n) is 1.45. The van der Waals surface area contributed by atoms with Crippen molar-refractivity contribution in [1.82, 2.24) is 0 Å². The fraction of sp³-hybridized carbons (Fsp3) is 0.385. The topological polar surface area (TPSA) is 26.3 Å². The third-order valence-corrected chi connectivity index (χ3v) is 2.22. The van der Waals surface area contributed by atoms with Gasteiger partial charge in [0.05, 0.1) is 12.2 Å². The number of carbonyl (C=O) groups is 1. The standard InChI is InChI=1S/C13H17O2/c1-3-5-8-11-9-6-7-10-12(11)13(14)15-4-2/h3,6-7,9-10H,4-5,8H2,1-2H3. The van der Waals surface area contributed by atoms with Gasteiger partial charge in [-0.05, 0) is 37.8 Å². The van der Waals surface area contributed by atoms with Crippen LogP contribution in [0.1, 0.15) is 36.2 Å². The van der Waals surface area contributed by atoms with Crippen LogP contribution < -0.4 is 0 Å². The largest absolute Gasteiger partial charge is 0.462 e. The van der Waals surface area contributed by atoms with Gasteiger partial charge in [0.25, 0.3) is 0 Å². The van der Waals surface area contributed by atoms with Gasteiger partial charge in [-0.15, -0.1) is 0 Å². The third kappa shape index (κ3) is 3.39. The average Bonchev–Trinajstić information content (AvgIpc) is 2.27. The molecule has 0 unspecified atom stereocenters. The quantitative estimate of drug-likeness (QED) is 0.691. The van der Waals surface area contributed by atoms with Crippen LogP contribution in [0, 0.1) is 6.42 Å². The predicted octanol–water partition coefficient (Wildman–Crippen LogP) is 3.02. The molecule has 2 heteroatoms. The molecule has 0 saturated carbocycles. The smallest absolute Gasteiger partial charge is 0.338 e. The summed E-state index contributed by atoms with van der Waals surface area (Å²) >= 11 is 0. The molecule has 0 N–H and O–H groups in total. The Morgan fingerprint density at radius 2 is 2.13 bits per heavy atom. The molecule has 0 atom stereocenters. The Labute approximate surface area is 91.3 Å². The normalized spacial score (nSPS) is 10.0. The van der Waals surface area contributed by atoms with E-state index in [0.717, 1.165) is 18.4 Å². The summed E-state index contributed by atoms with van der Waals surface area (Å²) in [5.74, 6) is -0.218. The van der Waals surface area contributed by atoms with Crippen LogP contribution in [0.5, 0.6) is 0 Å². The molecule has 0 aliphatic rings. The Balaban J connectivity index is 2.80. The first-order valence-corrected chi connectivity index (χ1v) is 5.32. The van der Waals surface area contributed by atoms with E-state index in [1.807, 2.05) is 38.1 Å². The second kappa shape index (κ2) is 6.23. The van der Waals surface area contributed by atoms with Crippen LogP contribution in [-0.2, 0) is 11.2 Å². The Bertz CT molecular complexity index is 318. The van der Waals surface area contributed by atoms with Crippen LogP contribution in [0.4, 0.5) is 0 Å². The molecule has 0 aromatic heterocycles. The molecule has 0 heterocycles. The second-order valence-electron chi connectivity index (χ2n) is 3.32. The maximum atomic E-state index is 11.6. The minimum atomic E-state index is -0.218. The molecule has 0 amide bonds. The van der Waals surface area contributed by atoms with Crippen molar-refractivity contribution in [3.63, 3.8) is 0 Å². The molecule has 1 aromatic carbocycles. The lowest BCUT2D eigenvalue weighted by molar-refractivity contribution is 0.0525. The lowest BCUT2D eigenvalue weighted by Gasteiger charge is -2.07. The number of unbranched alkanes of at least 4 members (excludes halogenated alkanes) is 1.